The summed E-state index contributed by atoms with van der Waals surface area (Å²) in [6.07, 6.45) is 2.13. The van der Waals surface area contributed by atoms with Crippen LogP contribution < -0.4 is 4.74 Å². The summed E-state index contributed by atoms with van der Waals surface area (Å²) >= 11 is 0. The molecule has 9 heteroatoms. The van der Waals surface area contributed by atoms with Gasteiger partial charge in [0.25, 0.3) is 5.88 Å². The molecule has 1 saturated heterocycles. The highest BCUT2D eigenvalue weighted by atomic mass is 32.2. The van der Waals surface area contributed by atoms with Crippen LogP contribution in [0, 0.1) is 5.82 Å². The van der Waals surface area contributed by atoms with Gasteiger partial charge in [0.05, 0.1) is 28.8 Å². The fourth-order valence-corrected chi connectivity index (χ4v) is 4.34. The molecule has 0 unspecified atom stereocenters. The van der Waals surface area contributed by atoms with Crippen LogP contribution in [0.1, 0.15) is 38.4 Å². The standard InChI is InChI=1S/C21H26FN3O4S/c1-4-18-20(22)21(24-13-23-18)29-16-9-10-25(12-16)19(26)11-15-5-7-17(8-6-15)30(27,28)14(2)3/h5-8,13-14,16H,4,9-12H2,1-3H3/t16-/m0/s1. The maximum absolute atomic E-state index is 14.3. The molecule has 0 saturated carbocycles. The number of hydrogen-bond acceptors (Lipinski definition) is 6. The Kier molecular flexibility index (Phi) is 6.70. The van der Waals surface area contributed by atoms with Crippen molar-refractivity contribution in [2.24, 2.45) is 0 Å². The fraction of sp³-hybridized carbons (Fsp3) is 0.476. The van der Waals surface area contributed by atoms with Gasteiger partial charge in [-0.2, -0.15) is 9.37 Å². The van der Waals surface area contributed by atoms with Crippen LogP contribution >= 0.6 is 0 Å². The lowest BCUT2D eigenvalue weighted by atomic mass is 10.1. The normalized spacial score (nSPS) is 16.8. The van der Waals surface area contributed by atoms with Crippen molar-refractivity contribution in [3.05, 3.63) is 47.7 Å². The molecule has 1 atom stereocenters. The predicted octanol–water partition coefficient (Wildman–Crippen LogP) is 2.58. The van der Waals surface area contributed by atoms with Crippen LogP contribution in [0.3, 0.4) is 0 Å². The highest BCUT2D eigenvalue weighted by molar-refractivity contribution is 7.92. The highest BCUT2D eigenvalue weighted by Gasteiger charge is 2.29. The summed E-state index contributed by atoms with van der Waals surface area (Å²) in [5.74, 6) is -0.720. The van der Waals surface area contributed by atoms with Crippen LogP contribution in [0.4, 0.5) is 4.39 Å². The van der Waals surface area contributed by atoms with E-state index in [1.54, 1.807) is 37.8 Å². The third-order valence-electron chi connectivity index (χ3n) is 5.17. The number of carbonyl (C=O) groups is 1. The zero-order chi connectivity index (χ0) is 21.9. The smallest absolute Gasteiger partial charge is 0.254 e. The van der Waals surface area contributed by atoms with E-state index in [0.717, 1.165) is 5.56 Å². The van der Waals surface area contributed by atoms with Gasteiger partial charge in [-0.15, -0.1) is 0 Å². The second kappa shape index (κ2) is 9.07. The molecule has 0 aliphatic carbocycles. The number of carbonyl (C=O) groups excluding carboxylic acids is 1. The van der Waals surface area contributed by atoms with Gasteiger partial charge in [0.1, 0.15) is 12.4 Å². The number of nitrogens with zero attached hydrogens (tertiary/aromatic N) is 3. The lowest BCUT2D eigenvalue weighted by Crippen LogP contribution is -2.32. The van der Waals surface area contributed by atoms with Crippen LogP contribution in [0.5, 0.6) is 5.88 Å². The fourth-order valence-electron chi connectivity index (χ4n) is 3.28. The Hall–Kier alpha value is -2.55. The molecule has 1 aromatic heterocycles. The molecule has 2 heterocycles. The number of ether oxygens (including phenoxy) is 1. The van der Waals surface area contributed by atoms with Gasteiger partial charge in [-0.3, -0.25) is 4.79 Å². The Balaban J connectivity index is 1.59. The van der Waals surface area contributed by atoms with Crippen molar-refractivity contribution >= 4 is 15.7 Å². The van der Waals surface area contributed by atoms with Gasteiger partial charge in [-0.25, -0.2) is 13.4 Å². The minimum absolute atomic E-state index is 0.0805. The van der Waals surface area contributed by atoms with Crippen LogP contribution in [0.25, 0.3) is 0 Å². The van der Waals surface area contributed by atoms with Gasteiger partial charge < -0.3 is 9.64 Å². The average molecular weight is 436 g/mol. The van der Waals surface area contributed by atoms with Gasteiger partial charge in [-0.1, -0.05) is 19.1 Å². The topological polar surface area (TPSA) is 89.5 Å². The molecule has 7 nitrogen and oxygen atoms in total. The third kappa shape index (κ3) is 4.77. The number of hydrogen-bond donors (Lipinski definition) is 0. The third-order valence-corrected chi connectivity index (χ3v) is 7.34. The Bertz CT molecular complexity index is 1010. The molecule has 0 radical (unpaired) electrons. The summed E-state index contributed by atoms with van der Waals surface area (Å²) in [5, 5.41) is -0.500. The van der Waals surface area contributed by atoms with Crippen LogP contribution in [0.15, 0.2) is 35.5 Å². The first-order valence-corrected chi connectivity index (χ1v) is 11.5. The molecule has 1 aliphatic rings. The molecule has 0 bridgehead atoms. The number of sulfone groups is 1. The first-order chi connectivity index (χ1) is 14.2. The molecule has 3 rings (SSSR count). The van der Waals surface area contributed by atoms with Crippen molar-refractivity contribution in [3.8, 4) is 5.88 Å². The summed E-state index contributed by atoms with van der Waals surface area (Å²) < 4.78 is 44.3. The molecule has 30 heavy (non-hydrogen) atoms. The predicted molar refractivity (Wildman–Crippen MR) is 109 cm³/mol. The molecule has 1 aliphatic heterocycles. The molecular formula is C21H26FN3O4S. The monoisotopic (exact) mass is 435 g/mol. The lowest BCUT2D eigenvalue weighted by molar-refractivity contribution is -0.129. The van der Waals surface area contributed by atoms with E-state index in [0.29, 0.717) is 31.6 Å². The first kappa shape index (κ1) is 22.1. The molecule has 0 N–H and O–H groups in total. The summed E-state index contributed by atoms with van der Waals surface area (Å²) in [5.41, 5.74) is 1.04. The van der Waals surface area contributed by atoms with E-state index in [4.69, 9.17) is 4.74 Å². The quantitative estimate of drug-likeness (QED) is 0.664. The second-order valence-corrected chi connectivity index (χ2v) is 10.1. The number of halogens is 1. The maximum atomic E-state index is 14.3. The molecule has 2 aromatic rings. The van der Waals surface area contributed by atoms with Crippen molar-refractivity contribution in [1.82, 2.24) is 14.9 Å². The number of amides is 1. The summed E-state index contributed by atoms with van der Waals surface area (Å²) in [4.78, 5) is 22.3. The molecule has 1 aromatic carbocycles. The van der Waals surface area contributed by atoms with Gasteiger partial charge >= 0.3 is 0 Å². The number of aromatic nitrogens is 2. The van der Waals surface area contributed by atoms with E-state index in [2.05, 4.69) is 9.97 Å². The van der Waals surface area contributed by atoms with Crippen LogP contribution in [-0.4, -0.2) is 53.6 Å². The molecule has 1 fully saturated rings. The van der Waals surface area contributed by atoms with Crippen molar-refractivity contribution in [2.45, 2.75) is 56.3 Å². The van der Waals surface area contributed by atoms with Crippen LogP contribution in [-0.2, 0) is 27.5 Å². The molecule has 1 amide bonds. The van der Waals surface area contributed by atoms with E-state index in [1.807, 2.05) is 0 Å². The first-order valence-electron chi connectivity index (χ1n) is 9.99. The van der Waals surface area contributed by atoms with Crippen molar-refractivity contribution < 1.29 is 22.3 Å². The zero-order valence-electron chi connectivity index (χ0n) is 17.3. The largest absolute Gasteiger partial charge is 0.470 e. The van der Waals surface area contributed by atoms with Gasteiger partial charge in [0.15, 0.2) is 9.84 Å². The van der Waals surface area contributed by atoms with Crippen LogP contribution in [0.2, 0.25) is 0 Å². The number of rotatable bonds is 7. The van der Waals surface area contributed by atoms with Gasteiger partial charge in [0, 0.05) is 13.0 Å². The van der Waals surface area contributed by atoms with E-state index in [9.17, 15) is 17.6 Å². The van der Waals surface area contributed by atoms with Gasteiger partial charge in [0.2, 0.25) is 11.7 Å². The van der Waals surface area contributed by atoms with E-state index in [1.165, 1.54) is 18.5 Å². The van der Waals surface area contributed by atoms with E-state index in [-0.39, 0.29) is 29.2 Å². The summed E-state index contributed by atoms with van der Waals surface area (Å²) in [7, 11) is -3.34. The maximum Gasteiger partial charge on any atom is 0.254 e. The Morgan fingerprint density at radius 1 is 1.27 bits per heavy atom. The molecular weight excluding hydrogens is 409 g/mol. The Labute approximate surface area is 176 Å². The van der Waals surface area contributed by atoms with Crippen molar-refractivity contribution in [1.29, 1.82) is 0 Å². The zero-order valence-corrected chi connectivity index (χ0v) is 18.2. The average Bonchev–Trinajstić information content (AvgIpc) is 3.18. The van der Waals surface area contributed by atoms with Crippen molar-refractivity contribution in [2.75, 3.05) is 13.1 Å². The lowest BCUT2D eigenvalue weighted by Gasteiger charge is -2.17. The summed E-state index contributed by atoms with van der Waals surface area (Å²) in [6.45, 7) is 5.93. The second-order valence-electron chi connectivity index (χ2n) is 7.58. The Morgan fingerprint density at radius 3 is 2.60 bits per heavy atom. The van der Waals surface area contributed by atoms with E-state index < -0.39 is 20.9 Å². The number of benzene rings is 1. The molecule has 0 spiro atoms. The Morgan fingerprint density at radius 2 is 1.97 bits per heavy atom. The van der Waals surface area contributed by atoms with Gasteiger partial charge in [-0.05, 0) is 38.0 Å². The van der Waals surface area contributed by atoms with E-state index >= 15 is 0 Å². The SMILES string of the molecule is CCc1ncnc(O[C@H]2CCN(C(=O)Cc3ccc(S(=O)(=O)C(C)C)cc3)C2)c1F. The van der Waals surface area contributed by atoms with Crippen molar-refractivity contribution in [3.63, 3.8) is 0 Å². The minimum Gasteiger partial charge on any atom is -0.470 e. The molecule has 162 valence electrons. The highest BCUT2D eigenvalue weighted by Crippen LogP contribution is 2.22. The number of aryl methyl sites for hydroxylation is 1. The summed E-state index contributed by atoms with van der Waals surface area (Å²) in [6, 6.07) is 6.41. The number of likely N-dealkylation sites (tertiary alicyclic amines) is 1. The minimum atomic E-state index is -3.34.